The van der Waals surface area contributed by atoms with Gasteiger partial charge in [-0.15, -0.1) is 0 Å². The van der Waals surface area contributed by atoms with Crippen LogP contribution in [0.15, 0.2) is 41.5 Å². The summed E-state index contributed by atoms with van der Waals surface area (Å²) in [6.45, 7) is 15.0. The number of benzene rings is 1. The van der Waals surface area contributed by atoms with Crippen LogP contribution in [0.4, 0.5) is 0 Å². The number of carbonyl (C=O) groups is 4. The Morgan fingerprint density at radius 1 is 1.09 bits per heavy atom. The minimum Gasteiger partial charge on any atom is -0.455 e. The average Bonchev–Trinajstić information content (AvgIpc) is 3.13. The van der Waals surface area contributed by atoms with Gasteiger partial charge in [0, 0.05) is 44.6 Å². The van der Waals surface area contributed by atoms with E-state index in [4.69, 9.17) is 9.47 Å². The molecule has 6 rings (SSSR count). The van der Waals surface area contributed by atoms with Gasteiger partial charge in [0.15, 0.2) is 5.78 Å². The van der Waals surface area contributed by atoms with E-state index in [0.717, 1.165) is 46.4 Å². The molecule has 4 aliphatic carbocycles. The Morgan fingerprint density at radius 3 is 2.37 bits per heavy atom. The van der Waals surface area contributed by atoms with Crippen molar-refractivity contribution in [2.24, 2.45) is 34.0 Å². The number of likely N-dealkylation sites (N-methyl/N-ethyl adjacent to an activating group) is 1. The number of aliphatic hydroxyl groups is 3. The maximum absolute atomic E-state index is 14.6. The monoisotopic (exact) mass is 748 g/mol. The van der Waals surface area contributed by atoms with Crippen molar-refractivity contribution in [1.29, 1.82) is 0 Å². The SMILES string of the molecule is CC1=C2[C@@H](O)C(=O)[C@@]3(C)[C@H]([C@H](C)[C@](O)(C[C@@H]1OC(=O)[C@H](OC(=O)CCN1CCN(C)CC1)[C@@H](N[B]C=O)c1ccccc1)C2(C)C)[C@]1(C)CC[C@@H]1C[C@@H]3O. The molecule has 0 spiro atoms. The summed E-state index contributed by atoms with van der Waals surface area (Å²) in [5.74, 6) is -2.83. The molecule has 1 aromatic carbocycles. The number of hydrogen-bond donors (Lipinski definition) is 4. The number of piperazine rings is 1. The lowest BCUT2D eigenvalue weighted by atomic mass is 9.36. The van der Waals surface area contributed by atoms with E-state index in [1.165, 1.54) is 0 Å². The fourth-order valence-electron chi connectivity index (χ4n) is 11.3. The van der Waals surface area contributed by atoms with Crippen molar-refractivity contribution >= 4 is 31.3 Å². The lowest BCUT2D eigenvalue weighted by molar-refractivity contribution is -0.246. The van der Waals surface area contributed by atoms with E-state index < -0.39 is 76.4 Å². The molecule has 0 unspecified atom stereocenters. The Hall–Kier alpha value is -2.94. The molecule has 295 valence electrons. The topological polar surface area (TPSA) is 166 Å². The molecule has 1 radical (unpaired) electrons. The second kappa shape index (κ2) is 15.2. The first kappa shape index (κ1) is 40.7. The minimum absolute atomic E-state index is 0.0322. The number of hydrogen-bond acceptors (Lipinski definition) is 12. The van der Waals surface area contributed by atoms with Crippen LogP contribution in [0, 0.1) is 34.0 Å². The molecule has 5 aliphatic rings. The van der Waals surface area contributed by atoms with E-state index in [0.29, 0.717) is 30.3 Å². The molecule has 1 heterocycles. The highest BCUT2D eigenvalue weighted by atomic mass is 16.6. The zero-order valence-corrected chi connectivity index (χ0v) is 32.9. The molecule has 4 N–H and O–H groups in total. The van der Waals surface area contributed by atoms with Gasteiger partial charge in [0.2, 0.25) is 6.10 Å². The summed E-state index contributed by atoms with van der Waals surface area (Å²) in [7, 11) is 3.19. The van der Waals surface area contributed by atoms with Gasteiger partial charge in [-0.1, -0.05) is 58.0 Å². The van der Waals surface area contributed by atoms with Crippen LogP contribution in [-0.2, 0) is 28.7 Å². The number of carbonyl (C=O) groups excluding carboxylic acids is 4. The molecular formula is C41H59BN3O9. The first-order valence-corrected chi connectivity index (χ1v) is 19.6. The zero-order chi connectivity index (χ0) is 39.4. The maximum Gasteiger partial charge on any atom is 0.350 e. The molecule has 4 fully saturated rings. The molecule has 0 aromatic heterocycles. The van der Waals surface area contributed by atoms with Crippen molar-refractivity contribution in [2.75, 3.05) is 39.8 Å². The summed E-state index contributed by atoms with van der Waals surface area (Å²) in [6, 6.07) is 7.85. The lowest BCUT2D eigenvalue weighted by Gasteiger charge is -2.69. The Labute approximate surface area is 320 Å². The fourth-order valence-corrected chi connectivity index (χ4v) is 11.3. The lowest BCUT2D eigenvalue weighted by Crippen LogP contribution is -2.72. The standard InChI is InChI=1S/C41H59BN3O9/c1-24-28(22-41(52)25(2)35-39(5)15-13-27(39)21-29(47)40(35,6)36(50)33(49)31(24)38(41,3)4)53-37(51)34(32(43-42-23-46)26-11-9-8-10-12-26)54-30(48)14-16-45-19-17-44(7)18-20-45/h8-12,23,25,27-29,32-35,43,47,49,52H,13-22H2,1-7H3/t25-,27+,28-,29-,32-,33+,34+,35+,39+,40+,41+/m0/s1. The first-order valence-electron chi connectivity index (χ1n) is 19.6. The number of nitrogens with one attached hydrogen (secondary N) is 1. The second-order valence-electron chi connectivity index (χ2n) is 17.7. The number of aliphatic hydroxyl groups excluding tert-OH is 2. The smallest absolute Gasteiger partial charge is 0.350 e. The molecule has 0 amide bonds. The Balaban J connectivity index is 1.35. The van der Waals surface area contributed by atoms with E-state index in [9.17, 15) is 34.5 Å². The third kappa shape index (κ3) is 6.70. The van der Waals surface area contributed by atoms with Crippen LogP contribution in [0.5, 0.6) is 0 Å². The van der Waals surface area contributed by atoms with Gasteiger partial charge < -0.3 is 44.6 Å². The molecular weight excluding hydrogens is 689 g/mol. The molecule has 2 bridgehead atoms. The highest BCUT2D eigenvalue weighted by molar-refractivity contribution is 6.64. The van der Waals surface area contributed by atoms with Crippen LogP contribution in [0.2, 0.25) is 0 Å². The van der Waals surface area contributed by atoms with Crippen LogP contribution < -0.4 is 5.23 Å². The number of esters is 2. The van der Waals surface area contributed by atoms with Crippen molar-refractivity contribution in [3.05, 3.63) is 47.0 Å². The number of nitrogens with zero attached hydrogens (tertiary/aromatic N) is 2. The molecule has 12 nitrogen and oxygen atoms in total. The van der Waals surface area contributed by atoms with E-state index >= 15 is 0 Å². The van der Waals surface area contributed by atoms with E-state index in [1.54, 1.807) is 44.2 Å². The Morgan fingerprint density at radius 2 is 1.76 bits per heavy atom. The van der Waals surface area contributed by atoms with Crippen molar-refractivity contribution < 1.29 is 44.0 Å². The Kier molecular flexibility index (Phi) is 11.5. The third-order valence-corrected chi connectivity index (χ3v) is 14.8. The summed E-state index contributed by atoms with van der Waals surface area (Å²) in [4.78, 5) is 58.6. The van der Waals surface area contributed by atoms with Crippen LogP contribution in [-0.4, -0.2) is 126 Å². The summed E-state index contributed by atoms with van der Waals surface area (Å²) in [5.41, 5.74) is -3.09. The largest absolute Gasteiger partial charge is 0.455 e. The van der Waals surface area contributed by atoms with Gasteiger partial charge in [-0.2, -0.15) is 0 Å². The number of fused-ring (bicyclic) bond motifs is 5. The van der Waals surface area contributed by atoms with E-state index in [1.807, 2.05) is 20.8 Å². The summed E-state index contributed by atoms with van der Waals surface area (Å²) in [5, 5.41) is 39.7. The highest BCUT2D eigenvalue weighted by Crippen LogP contribution is 2.70. The first-order chi connectivity index (χ1) is 25.4. The predicted molar refractivity (Wildman–Crippen MR) is 202 cm³/mol. The number of ether oxygens (including phenoxy) is 2. The van der Waals surface area contributed by atoms with E-state index in [-0.39, 0.29) is 29.7 Å². The van der Waals surface area contributed by atoms with Gasteiger partial charge in [0.25, 0.3) is 7.41 Å². The van der Waals surface area contributed by atoms with Gasteiger partial charge in [-0.25, -0.2) is 4.79 Å². The van der Waals surface area contributed by atoms with Gasteiger partial charge in [0.05, 0.1) is 35.8 Å². The summed E-state index contributed by atoms with van der Waals surface area (Å²) in [6.07, 6.45) is -2.52. The van der Waals surface area contributed by atoms with Crippen LogP contribution in [0.25, 0.3) is 0 Å². The quantitative estimate of drug-likeness (QED) is 0.113. The van der Waals surface area contributed by atoms with Crippen molar-refractivity contribution in [1.82, 2.24) is 15.0 Å². The molecule has 11 atom stereocenters. The van der Waals surface area contributed by atoms with Crippen LogP contribution in [0.1, 0.15) is 85.3 Å². The molecule has 54 heavy (non-hydrogen) atoms. The summed E-state index contributed by atoms with van der Waals surface area (Å²) >= 11 is 0. The molecule has 1 aliphatic heterocycles. The zero-order valence-electron chi connectivity index (χ0n) is 32.9. The van der Waals surface area contributed by atoms with Crippen molar-refractivity contribution in [3.8, 4) is 0 Å². The highest BCUT2D eigenvalue weighted by Gasteiger charge is 2.72. The molecule has 1 saturated heterocycles. The van der Waals surface area contributed by atoms with Crippen LogP contribution in [0.3, 0.4) is 0 Å². The maximum atomic E-state index is 14.6. The number of rotatable bonds is 11. The predicted octanol–water partition coefficient (Wildman–Crippen LogP) is 2.45. The number of ketones is 1. The fraction of sp³-hybridized carbons (Fsp3) is 0.707. The molecule has 1 aromatic rings. The molecule has 13 heteroatoms. The normalized spacial score (nSPS) is 37.7. The van der Waals surface area contributed by atoms with Gasteiger partial charge in [-0.3, -0.25) is 9.59 Å². The number of Topliss-reactive ketones (excluding diaryl/α,β-unsaturated/α-hetero) is 1. The van der Waals surface area contributed by atoms with Gasteiger partial charge in [0.1, 0.15) is 12.2 Å². The van der Waals surface area contributed by atoms with Crippen molar-refractivity contribution in [2.45, 2.75) is 110 Å². The third-order valence-electron chi connectivity index (χ3n) is 14.8. The summed E-state index contributed by atoms with van der Waals surface area (Å²) < 4.78 is 12.2. The van der Waals surface area contributed by atoms with Crippen LogP contribution >= 0.6 is 0 Å². The average molecular weight is 749 g/mol. The van der Waals surface area contributed by atoms with Crippen molar-refractivity contribution in [3.63, 3.8) is 0 Å². The minimum atomic E-state index is -1.66. The van der Waals surface area contributed by atoms with E-state index in [2.05, 4.69) is 29.0 Å². The van der Waals surface area contributed by atoms with Gasteiger partial charge in [-0.05, 0) is 80.0 Å². The Bertz CT molecular complexity index is 1630. The second-order valence-corrected chi connectivity index (χ2v) is 17.7. The molecule has 3 saturated carbocycles. The van der Waals surface area contributed by atoms with Gasteiger partial charge >= 0.3 is 11.9 Å².